The van der Waals surface area contributed by atoms with E-state index in [0.717, 1.165) is 23.4 Å². The molecule has 1 N–H and O–H groups in total. The Labute approximate surface area is 122 Å². The number of allylic oxidation sites excluding steroid dienone is 1. The van der Waals surface area contributed by atoms with Crippen molar-refractivity contribution in [1.82, 2.24) is 9.97 Å². The Bertz CT molecular complexity index is 690. The average molecular weight is 285 g/mol. The highest BCUT2D eigenvalue weighted by Gasteiger charge is 2.05. The zero-order valence-electron chi connectivity index (χ0n) is 11.0. The first kappa shape index (κ1) is 12.8. The number of benzene rings is 1. The molecule has 0 fully saturated rings. The molecule has 1 aromatic carbocycles. The molecule has 1 aliphatic heterocycles. The van der Waals surface area contributed by atoms with Crippen molar-refractivity contribution in [3.63, 3.8) is 0 Å². The summed E-state index contributed by atoms with van der Waals surface area (Å²) in [6.07, 6.45) is 5.60. The number of hydrogen-bond donors (Lipinski definition) is 1. The van der Waals surface area contributed by atoms with Gasteiger partial charge in [0.25, 0.3) is 0 Å². The molecule has 1 aromatic heterocycles. The van der Waals surface area contributed by atoms with Gasteiger partial charge in [-0.2, -0.15) is 0 Å². The highest BCUT2D eigenvalue weighted by molar-refractivity contribution is 6.32. The van der Waals surface area contributed by atoms with E-state index in [1.54, 1.807) is 6.20 Å². The second-order valence-electron chi connectivity index (χ2n) is 4.47. The van der Waals surface area contributed by atoms with Crippen LogP contribution in [0.25, 0.3) is 5.57 Å². The van der Waals surface area contributed by atoms with Gasteiger partial charge in [-0.3, -0.25) is 4.99 Å². The van der Waals surface area contributed by atoms with Crippen LogP contribution in [0.4, 0.5) is 11.5 Å². The lowest BCUT2D eigenvalue weighted by atomic mass is 10.1. The van der Waals surface area contributed by atoms with Crippen LogP contribution in [-0.2, 0) is 0 Å². The maximum Gasteiger partial charge on any atom is 0.152 e. The van der Waals surface area contributed by atoms with Crippen molar-refractivity contribution in [1.29, 1.82) is 0 Å². The number of aromatic nitrogens is 2. The lowest BCUT2D eigenvalue weighted by molar-refractivity contribution is 1.06. The minimum absolute atomic E-state index is 0.505. The van der Waals surface area contributed by atoms with Gasteiger partial charge in [0.05, 0.1) is 12.7 Å². The fraction of sp³-hybridized carbons (Fsp3) is 0.133. The van der Waals surface area contributed by atoms with Gasteiger partial charge in [0.1, 0.15) is 10.8 Å². The number of rotatable bonds is 3. The maximum absolute atomic E-state index is 6.07. The quantitative estimate of drug-likeness (QED) is 0.936. The van der Waals surface area contributed by atoms with E-state index in [1.165, 1.54) is 0 Å². The first-order valence-electron chi connectivity index (χ1n) is 6.29. The molecule has 0 saturated carbocycles. The number of aliphatic imine (C=N–C) groups is 1. The lowest BCUT2D eigenvalue weighted by Crippen LogP contribution is -1.98. The summed E-state index contributed by atoms with van der Waals surface area (Å²) in [6, 6.07) is 8.09. The zero-order chi connectivity index (χ0) is 13.9. The molecule has 0 radical (unpaired) electrons. The average Bonchev–Trinajstić information content (AvgIpc) is 2.98. The van der Waals surface area contributed by atoms with Crippen LogP contribution in [0.15, 0.2) is 41.5 Å². The van der Waals surface area contributed by atoms with Crippen LogP contribution >= 0.6 is 11.6 Å². The molecule has 20 heavy (non-hydrogen) atoms. The molecule has 0 saturated heterocycles. The number of hydrogen-bond acceptors (Lipinski definition) is 4. The molecule has 0 unspecified atom stereocenters. The van der Waals surface area contributed by atoms with E-state index in [0.29, 0.717) is 16.7 Å². The van der Waals surface area contributed by atoms with E-state index >= 15 is 0 Å². The third-order valence-corrected chi connectivity index (χ3v) is 3.27. The normalized spacial score (nSPS) is 13.4. The summed E-state index contributed by atoms with van der Waals surface area (Å²) in [5.74, 6) is 1.30. The van der Waals surface area contributed by atoms with E-state index in [9.17, 15) is 0 Å². The van der Waals surface area contributed by atoms with Gasteiger partial charge in [-0.1, -0.05) is 29.8 Å². The summed E-state index contributed by atoms with van der Waals surface area (Å²) in [5.41, 5.74) is 3.25. The summed E-state index contributed by atoms with van der Waals surface area (Å²) in [5, 5.41) is 3.70. The number of halogens is 1. The third kappa shape index (κ3) is 2.70. The standard InChI is InChI=1S/C15H13ClN4/c1-10-18-9-14(16)15(19-10)20-13-4-2-11(3-5-13)12-6-7-17-8-12/h2-6,8-9H,7H2,1H3,(H,18,19,20). The number of aryl methyl sites for hydroxylation is 1. The first-order chi connectivity index (χ1) is 9.72. The Hall–Kier alpha value is -2.20. The lowest BCUT2D eigenvalue weighted by Gasteiger charge is -2.08. The van der Waals surface area contributed by atoms with Gasteiger partial charge in [0.15, 0.2) is 5.82 Å². The van der Waals surface area contributed by atoms with Gasteiger partial charge >= 0.3 is 0 Å². The van der Waals surface area contributed by atoms with Crippen molar-refractivity contribution in [2.45, 2.75) is 6.92 Å². The third-order valence-electron chi connectivity index (χ3n) is 2.99. The SMILES string of the molecule is Cc1ncc(Cl)c(Nc2ccc(C3=CCN=C3)cc2)n1. The summed E-state index contributed by atoms with van der Waals surface area (Å²) in [6.45, 7) is 2.60. The molecular formula is C15H13ClN4. The highest BCUT2D eigenvalue weighted by Crippen LogP contribution is 2.24. The minimum Gasteiger partial charge on any atom is -0.339 e. The van der Waals surface area contributed by atoms with Crippen molar-refractivity contribution >= 4 is 34.9 Å². The fourth-order valence-corrected chi connectivity index (χ4v) is 2.11. The molecule has 0 spiro atoms. The van der Waals surface area contributed by atoms with Crippen LogP contribution in [0.3, 0.4) is 0 Å². The molecule has 1 aliphatic rings. The van der Waals surface area contributed by atoms with Gasteiger partial charge in [0.2, 0.25) is 0 Å². The number of anilines is 2. The first-order valence-corrected chi connectivity index (χ1v) is 6.67. The largest absolute Gasteiger partial charge is 0.339 e. The predicted octanol–water partition coefficient (Wildman–Crippen LogP) is 3.65. The van der Waals surface area contributed by atoms with Gasteiger partial charge in [-0.25, -0.2) is 9.97 Å². The van der Waals surface area contributed by atoms with Crippen LogP contribution in [0.1, 0.15) is 11.4 Å². The number of nitrogens with one attached hydrogen (secondary N) is 1. The van der Waals surface area contributed by atoms with E-state index < -0.39 is 0 Å². The molecule has 0 aliphatic carbocycles. The summed E-state index contributed by atoms with van der Waals surface area (Å²) in [7, 11) is 0. The molecule has 100 valence electrons. The number of nitrogens with zero attached hydrogens (tertiary/aromatic N) is 3. The second kappa shape index (κ2) is 5.43. The molecule has 5 heteroatoms. The molecule has 0 amide bonds. The Kier molecular flexibility index (Phi) is 3.48. The van der Waals surface area contributed by atoms with Crippen LogP contribution < -0.4 is 5.32 Å². The minimum atomic E-state index is 0.505. The summed E-state index contributed by atoms with van der Waals surface area (Å²) >= 11 is 6.07. The zero-order valence-corrected chi connectivity index (χ0v) is 11.7. The molecular weight excluding hydrogens is 272 g/mol. The van der Waals surface area contributed by atoms with Crippen LogP contribution in [-0.4, -0.2) is 22.7 Å². The van der Waals surface area contributed by atoms with E-state index in [-0.39, 0.29) is 0 Å². The van der Waals surface area contributed by atoms with Crippen molar-refractivity contribution < 1.29 is 0 Å². The van der Waals surface area contributed by atoms with E-state index in [1.807, 2.05) is 37.4 Å². The van der Waals surface area contributed by atoms with Crippen molar-refractivity contribution in [3.05, 3.63) is 52.9 Å². The van der Waals surface area contributed by atoms with Crippen molar-refractivity contribution in [3.8, 4) is 0 Å². The molecule has 0 bridgehead atoms. The highest BCUT2D eigenvalue weighted by atomic mass is 35.5. The fourth-order valence-electron chi connectivity index (χ4n) is 1.97. The van der Waals surface area contributed by atoms with Crippen molar-refractivity contribution in [2.24, 2.45) is 4.99 Å². The summed E-state index contributed by atoms with van der Waals surface area (Å²) < 4.78 is 0. The molecule has 4 nitrogen and oxygen atoms in total. The van der Waals surface area contributed by atoms with Gasteiger partial charge in [-0.15, -0.1) is 0 Å². The Morgan fingerprint density at radius 1 is 1.20 bits per heavy atom. The molecule has 2 heterocycles. The second-order valence-corrected chi connectivity index (χ2v) is 4.88. The van der Waals surface area contributed by atoms with Gasteiger partial charge in [0, 0.05) is 11.9 Å². The Balaban J connectivity index is 1.81. The Morgan fingerprint density at radius 2 is 2.00 bits per heavy atom. The van der Waals surface area contributed by atoms with Crippen LogP contribution in [0, 0.1) is 6.92 Å². The topological polar surface area (TPSA) is 50.2 Å². The van der Waals surface area contributed by atoms with Gasteiger partial charge in [-0.05, 0) is 30.2 Å². The summed E-state index contributed by atoms with van der Waals surface area (Å²) in [4.78, 5) is 12.5. The van der Waals surface area contributed by atoms with E-state index in [2.05, 4.69) is 26.4 Å². The maximum atomic E-state index is 6.07. The van der Waals surface area contributed by atoms with Crippen LogP contribution in [0.5, 0.6) is 0 Å². The van der Waals surface area contributed by atoms with E-state index in [4.69, 9.17) is 11.6 Å². The van der Waals surface area contributed by atoms with Crippen molar-refractivity contribution in [2.75, 3.05) is 11.9 Å². The van der Waals surface area contributed by atoms with Crippen LogP contribution in [0.2, 0.25) is 5.02 Å². The molecule has 2 aromatic rings. The molecule has 3 rings (SSSR count). The monoisotopic (exact) mass is 284 g/mol. The smallest absolute Gasteiger partial charge is 0.152 e. The molecule has 0 atom stereocenters. The van der Waals surface area contributed by atoms with Gasteiger partial charge < -0.3 is 5.32 Å². The Morgan fingerprint density at radius 3 is 2.70 bits per heavy atom. The predicted molar refractivity (Wildman–Crippen MR) is 82.8 cm³/mol.